The molecule has 1 aliphatic carbocycles. The number of carboxylic acids is 1. The van der Waals surface area contributed by atoms with Gasteiger partial charge in [0.2, 0.25) is 0 Å². The number of halogens is 1. The molecule has 0 unspecified atom stereocenters. The van der Waals surface area contributed by atoms with E-state index in [1.165, 1.54) is 17.7 Å². The molecule has 1 N–H and O–H groups in total. The van der Waals surface area contributed by atoms with Crippen LogP contribution in [-0.4, -0.2) is 11.1 Å². The van der Waals surface area contributed by atoms with Crippen LogP contribution >= 0.6 is 27.3 Å². The summed E-state index contributed by atoms with van der Waals surface area (Å²) >= 11 is 4.94. The summed E-state index contributed by atoms with van der Waals surface area (Å²) in [5.41, 5.74) is 1.58. The molecule has 14 heavy (non-hydrogen) atoms. The van der Waals surface area contributed by atoms with Crippen LogP contribution in [0.2, 0.25) is 0 Å². The topological polar surface area (TPSA) is 37.3 Å². The number of rotatable bonds is 1. The van der Waals surface area contributed by atoms with Crippen LogP contribution in [0.25, 0.3) is 0 Å². The van der Waals surface area contributed by atoms with Crippen molar-refractivity contribution < 1.29 is 9.90 Å². The Balaban J connectivity index is 2.49. The van der Waals surface area contributed by atoms with E-state index >= 15 is 0 Å². The van der Waals surface area contributed by atoms with Gasteiger partial charge < -0.3 is 5.11 Å². The van der Waals surface area contributed by atoms with Crippen LogP contribution in [0.3, 0.4) is 0 Å². The Labute approximate surface area is 95.1 Å². The predicted molar refractivity (Wildman–Crippen MR) is 60.2 cm³/mol. The molecule has 0 bridgehead atoms. The van der Waals surface area contributed by atoms with Crippen molar-refractivity contribution in [2.24, 2.45) is 0 Å². The van der Waals surface area contributed by atoms with Crippen molar-refractivity contribution in [2.45, 2.75) is 32.1 Å². The fourth-order valence-corrected chi connectivity index (χ4v) is 4.02. The van der Waals surface area contributed by atoms with Gasteiger partial charge in [0.15, 0.2) is 0 Å². The highest BCUT2D eigenvalue weighted by atomic mass is 79.9. The zero-order valence-corrected chi connectivity index (χ0v) is 10.1. The maximum absolute atomic E-state index is 11.0. The average Bonchev–Trinajstić information content (AvgIpc) is 2.31. The molecule has 0 amide bonds. The normalized spacial score (nSPS) is 16.1. The molecule has 1 heterocycles. The molecule has 76 valence electrons. The third-order valence-corrected chi connectivity index (χ3v) is 4.55. The Morgan fingerprint density at radius 2 is 2.00 bits per heavy atom. The van der Waals surface area contributed by atoms with Crippen LogP contribution in [0.1, 0.15) is 40.1 Å². The molecule has 2 nitrogen and oxygen atoms in total. The largest absolute Gasteiger partial charge is 0.478 e. The lowest BCUT2D eigenvalue weighted by atomic mass is 10.1. The molecule has 0 radical (unpaired) electrons. The fourth-order valence-electron chi connectivity index (χ4n) is 1.92. The highest BCUT2D eigenvalue weighted by molar-refractivity contribution is 9.11. The van der Waals surface area contributed by atoms with Gasteiger partial charge in [0.1, 0.15) is 0 Å². The highest BCUT2D eigenvalue weighted by Crippen LogP contribution is 2.36. The number of thiophene rings is 1. The van der Waals surface area contributed by atoms with Gasteiger partial charge >= 0.3 is 5.97 Å². The van der Waals surface area contributed by atoms with Crippen LogP contribution in [0.5, 0.6) is 0 Å². The van der Waals surface area contributed by atoms with Gasteiger partial charge in [-0.1, -0.05) is 6.42 Å². The van der Waals surface area contributed by atoms with E-state index in [-0.39, 0.29) is 0 Å². The van der Waals surface area contributed by atoms with Gasteiger partial charge in [-0.3, -0.25) is 0 Å². The Kier molecular flexibility index (Phi) is 2.93. The van der Waals surface area contributed by atoms with Crippen molar-refractivity contribution >= 4 is 33.2 Å². The summed E-state index contributed by atoms with van der Waals surface area (Å²) in [5.74, 6) is -0.795. The smallest absolute Gasteiger partial charge is 0.338 e. The molecule has 4 heteroatoms. The number of hydrogen-bond acceptors (Lipinski definition) is 2. The molecule has 0 aromatic carbocycles. The summed E-state index contributed by atoms with van der Waals surface area (Å²) in [6.45, 7) is 0. The zero-order valence-electron chi connectivity index (χ0n) is 7.68. The summed E-state index contributed by atoms with van der Waals surface area (Å²) in [6, 6.07) is 0. The number of aryl methyl sites for hydroxylation is 1. The van der Waals surface area contributed by atoms with Crippen LogP contribution in [0, 0.1) is 0 Å². The summed E-state index contributed by atoms with van der Waals surface area (Å²) in [5, 5.41) is 9.08. The molecular formula is C10H11BrO2S. The van der Waals surface area contributed by atoms with Crippen LogP contribution in [0.4, 0.5) is 0 Å². The molecule has 1 aromatic rings. The fraction of sp³-hybridized carbons (Fsp3) is 0.500. The van der Waals surface area contributed by atoms with Gasteiger partial charge in [0.05, 0.1) is 9.35 Å². The predicted octanol–water partition coefficient (Wildman–Crippen LogP) is 3.48. The van der Waals surface area contributed by atoms with E-state index in [1.54, 1.807) is 11.3 Å². The molecule has 0 fully saturated rings. The number of carbonyl (C=O) groups is 1. The molecule has 2 rings (SSSR count). The van der Waals surface area contributed by atoms with Crippen LogP contribution < -0.4 is 0 Å². The van der Waals surface area contributed by atoms with Crippen molar-refractivity contribution in [3.63, 3.8) is 0 Å². The quantitative estimate of drug-likeness (QED) is 0.797. The van der Waals surface area contributed by atoms with Gasteiger partial charge in [-0.2, -0.15) is 0 Å². The van der Waals surface area contributed by atoms with E-state index in [0.717, 1.165) is 28.6 Å². The maximum atomic E-state index is 11.0. The van der Waals surface area contributed by atoms with E-state index in [2.05, 4.69) is 15.9 Å². The van der Waals surface area contributed by atoms with Crippen molar-refractivity contribution in [3.05, 3.63) is 19.8 Å². The monoisotopic (exact) mass is 274 g/mol. The number of aromatic carboxylic acids is 1. The molecule has 1 aromatic heterocycles. The molecule has 0 spiro atoms. The second-order valence-electron chi connectivity index (χ2n) is 3.52. The lowest BCUT2D eigenvalue weighted by molar-refractivity contribution is 0.0695. The third-order valence-electron chi connectivity index (χ3n) is 2.59. The summed E-state index contributed by atoms with van der Waals surface area (Å²) in [7, 11) is 0. The van der Waals surface area contributed by atoms with Crippen molar-refractivity contribution in [3.8, 4) is 0 Å². The number of fused-ring (bicyclic) bond motifs is 1. The first-order chi connectivity index (χ1) is 6.70. The van der Waals surface area contributed by atoms with E-state index in [9.17, 15) is 4.79 Å². The maximum Gasteiger partial charge on any atom is 0.338 e. The minimum absolute atomic E-state index is 0.506. The van der Waals surface area contributed by atoms with E-state index in [0.29, 0.717) is 5.56 Å². The van der Waals surface area contributed by atoms with Gasteiger partial charge in [-0.05, 0) is 47.2 Å². The van der Waals surface area contributed by atoms with Gasteiger partial charge in [-0.15, -0.1) is 11.3 Å². The second kappa shape index (κ2) is 4.03. The lowest BCUT2D eigenvalue weighted by Crippen LogP contribution is -2.00. The minimum atomic E-state index is -0.795. The molecule has 0 atom stereocenters. The highest BCUT2D eigenvalue weighted by Gasteiger charge is 2.22. The van der Waals surface area contributed by atoms with Crippen LogP contribution in [0.15, 0.2) is 3.79 Å². The van der Waals surface area contributed by atoms with Gasteiger partial charge in [0, 0.05) is 4.88 Å². The standard InChI is InChI=1S/C10H11BrO2S/c11-9-8(10(12)13)6-4-2-1-3-5-7(6)14-9/h1-5H2,(H,12,13). The SMILES string of the molecule is O=C(O)c1c(Br)sc2c1CCCCC2. The van der Waals surface area contributed by atoms with E-state index in [1.807, 2.05) is 0 Å². The van der Waals surface area contributed by atoms with Crippen LogP contribution in [-0.2, 0) is 12.8 Å². The minimum Gasteiger partial charge on any atom is -0.478 e. The Morgan fingerprint density at radius 1 is 1.29 bits per heavy atom. The van der Waals surface area contributed by atoms with E-state index in [4.69, 9.17) is 5.11 Å². The summed E-state index contributed by atoms with van der Waals surface area (Å²) in [6.07, 6.45) is 5.51. The first-order valence-electron chi connectivity index (χ1n) is 4.73. The van der Waals surface area contributed by atoms with Crippen molar-refractivity contribution in [2.75, 3.05) is 0 Å². The lowest BCUT2D eigenvalue weighted by Gasteiger charge is -1.99. The second-order valence-corrected chi connectivity index (χ2v) is 5.94. The third kappa shape index (κ3) is 1.73. The van der Waals surface area contributed by atoms with E-state index < -0.39 is 5.97 Å². The van der Waals surface area contributed by atoms with Gasteiger partial charge in [0.25, 0.3) is 0 Å². The van der Waals surface area contributed by atoms with Gasteiger partial charge in [-0.25, -0.2) is 4.79 Å². The molecular weight excluding hydrogens is 264 g/mol. The molecule has 0 saturated carbocycles. The Morgan fingerprint density at radius 3 is 2.71 bits per heavy atom. The van der Waals surface area contributed by atoms with Crippen molar-refractivity contribution in [1.29, 1.82) is 0 Å². The zero-order chi connectivity index (χ0) is 10.1. The number of carboxylic acid groups (broad SMARTS) is 1. The Bertz CT molecular complexity index is 370. The molecule has 1 aliphatic rings. The molecule has 0 aliphatic heterocycles. The summed E-state index contributed by atoms with van der Waals surface area (Å²) < 4.78 is 0.789. The van der Waals surface area contributed by atoms with Crippen molar-refractivity contribution in [1.82, 2.24) is 0 Å². The summed E-state index contributed by atoms with van der Waals surface area (Å²) in [4.78, 5) is 12.3. The first kappa shape index (κ1) is 10.2. The molecule has 0 saturated heterocycles. The Hall–Kier alpha value is -0.350. The average molecular weight is 275 g/mol. The first-order valence-corrected chi connectivity index (χ1v) is 6.34. The number of hydrogen-bond donors (Lipinski definition) is 1.